The SMILES string of the molecule is CC1CC(CN)CN1C(=O)c1cn(-c2cccc(C(F)(F)F)c2)nn1.Cl. The van der Waals surface area contributed by atoms with Gasteiger partial charge in [-0.25, -0.2) is 4.68 Å². The zero-order valence-corrected chi connectivity index (χ0v) is 14.8. The summed E-state index contributed by atoms with van der Waals surface area (Å²) in [7, 11) is 0. The molecule has 26 heavy (non-hydrogen) atoms. The third-order valence-corrected chi connectivity index (χ3v) is 4.41. The second-order valence-electron chi connectivity index (χ2n) is 6.24. The molecule has 1 aliphatic heterocycles. The predicted molar refractivity (Wildman–Crippen MR) is 91.3 cm³/mol. The molecule has 2 N–H and O–H groups in total. The molecule has 0 aliphatic carbocycles. The monoisotopic (exact) mass is 389 g/mol. The lowest BCUT2D eigenvalue weighted by Gasteiger charge is -2.19. The summed E-state index contributed by atoms with van der Waals surface area (Å²) < 4.78 is 39.6. The summed E-state index contributed by atoms with van der Waals surface area (Å²) >= 11 is 0. The molecule has 1 fully saturated rings. The number of halogens is 4. The Morgan fingerprint density at radius 3 is 2.73 bits per heavy atom. The molecule has 2 heterocycles. The van der Waals surface area contributed by atoms with Crippen LogP contribution in [-0.4, -0.2) is 44.9 Å². The van der Waals surface area contributed by atoms with Gasteiger partial charge in [-0.15, -0.1) is 17.5 Å². The van der Waals surface area contributed by atoms with E-state index in [1.165, 1.54) is 23.0 Å². The highest BCUT2D eigenvalue weighted by Crippen LogP contribution is 2.30. The zero-order valence-electron chi connectivity index (χ0n) is 14.0. The normalized spacial score (nSPS) is 20.1. The molecule has 1 amide bonds. The number of likely N-dealkylation sites (tertiary alicyclic amines) is 1. The summed E-state index contributed by atoms with van der Waals surface area (Å²) in [6.45, 7) is 2.99. The van der Waals surface area contributed by atoms with Gasteiger partial charge < -0.3 is 10.6 Å². The van der Waals surface area contributed by atoms with E-state index >= 15 is 0 Å². The molecule has 1 aromatic carbocycles. The topological polar surface area (TPSA) is 77.0 Å². The van der Waals surface area contributed by atoms with Crippen LogP contribution in [0.25, 0.3) is 5.69 Å². The van der Waals surface area contributed by atoms with Crippen molar-refractivity contribution in [3.05, 3.63) is 41.7 Å². The van der Waals surface area contributed by atoms with Crippen LogP contribution in [0, 0.1) is 5.92 Å². The highest BCUT2D eigenvalue weighted by molar-refractivity contribution is 5.92. The first-order chi connectivity index (χ1) is 11.8. The average Bonchev–Trinajstić information content (AvgIpc) is 3.20. The second-order valence-corrected chi connectivity index (χ2v) is 6.24. The maximum absolute atomic E-state index is 12.8. The van der Waals surface area contributed by atoms with Gasteiger partial charge in [0.1, 0.15) is 0 Å². The number of hydrogen-bond acceptors (Lipinski definition) is 4. The fourth-order valence-corrected chi connectivity index (χ4v) is 3.06. The van der Waals surface area contributed by atoms with E-state index in [0.717, 1.165) is 18.6 Å². The number of amides is 1. The van der Waals surface area contributed by atoms with E-state index in [0.29, 0.717) is 13.1 Å². The first-order valence-electron chi connectivity index (χ1n) is 7.90. The van der Waals surface area contributed by atoms with Gasteiger partial charge in [0.05, 0.1) is 17.4 Å². The van der Waals surface area contributed by atoms with Gasteiger partial charge in [0.2, 0.25) is 0 Å². The average molecular weight is 390 g/mol. The summed E-state index contributed by atoms with van der Waals surface area (Å²) in [5, 5.41) is 7.62. The number of rotatable bonds is 3. The summed E-state index contributed by atoms with van der Waals surface area (Å²) in [5.74, 6) is -0.0425. The summed E-state index contributed by atoms with van der Waals surface area (Å²) in [6.07, 6.45) is -2.28. The summed E-state index contributed by atoms with van der Waals surface area (Å²) in [6, 6.07) is 4.74. The quantitative estimate of drug-likeness (QED) is 0.875. The Balaban J connectivity index is 0.00000243. The molecular weight excluding hydrogens is 371 g/mol. The van der Waals surface area contributed by atoms with Crippen molar-refractivity contribution >= 4 is 18.3 Å². The van der Waals surface area contributed by atoms with Gasteiger partial charge in [0, 0.05) is 12.6 Å². The van der Waals surface area contributed by atoms with Gasteiger partial charge >= 0.3 is 6.18 Å². The minimum atomic E-state index is -4.45. The Morgan fingerprint density at radius 2 is 2.12 bits per heavy atom. The number of aromatic nitrogens is 3. The lowest BCUT2D eigenvalue weighted by atomic mass is 10.1. The zero-order chi connectivity index (χ0) is 18.2. The molecule has 0 bridgehead atoms. The molecule has 2 aromatic rings. The maximum atomic E-state index is 12.8. The third-order valence-electron chi connectivity index (χ3n) is 4.41. The number of carbonyl (C=O) groups is 1. The number of nitrogens with zero attached hydrogens (tertiary/aromatic N) is 4. The van der Waals surface area contributed by atoms with Crippen molar-refractivity contribution in [2.45, 2.75) is 25.6 Å². The molecule has 1 aromatic heterocycles. The van der Waals surface area contributed by atoms with Crippen LogP contribution in [0.5, 0.6) is 0 Å². The molecule has 2 unspecified atom stereocenters. The van der Waals surface area contributed by atoms with Crippen LogP contribution in [0.3, 0.4) is 0 Å². The van der Waals surface area contributed by atoms with Gasteiger partial charge in [-0.1, -0.05) is 11.3 Å². The second kappa shape index (κ2) is 7.63. The Bertz CT molecular complexity index is 779. The van der Waals surface area contributed by atoms with Crippen LogP contribution < -0.4 is 5.73 Å². The van der Waals surface area contributed by atoms with Crippen LogP contribution >= 0.6 is 12.4 Å². The van der Waals surface area contributed by atoms with Crippen molar-refractivity contribution in [3.63, 3.8) is 0 Å². The maximum Gasteiger partial charge on any atom is 0.416 e. The van der Waals surface area contributed by atoms with Crippen molar-refractivity contribution in [2.24, 2.45) is 11.7 Å². The van der Waals surface area contributed by atoms with E-state index in [4.69, 9.17) is 5.73 Å². The van der Waals surface area contributed by atoms with Crippen LogP contribution in [0.2, 0.25) is 0 Å². The van der Waals surface area contributed by atoms with E-state index in [1.807, 2.05) is 6.92 Å². The van der Waals surface area contributed by atoms with Gasteiger partial charge in [-0.05, 0) is 44.0 Å². The molecule has 2 atom stereocenters. The largest absolute Gasteiger partial charge is 0.416 e. The van der Waals surface area contributed by atoms with Crippen LogP contribution in [0.4, 0.5) is 13.2 Å². The fraction of sp³-hybridized carbons (Fsp3) is 0.438. The van der Waals surface area contributed by atoms with Crippen molar-refractivity contribution in [1.82, 2.24) is 19.9 Å². The molecule has 3 rings (SSSR count). The Labute approximate surface area is 154 Å². The van der Waals surface area contributed by atoms with Crippen LogP contribution in [0.1, 0.15) is 29.4 Å². The first-order valence-corrected chi connectivity index (χ1v) is 7.90. The van der Waals surface area contributed by atoms with Crippen molar-refractivity contribution in [2.75, 3.05) is 13.1 Å². The Morgan fingerprint density at radius 1 is 1.38 bits per heavy atom. The lowest BCUT2D eigenvalue weighted by molar-refractivity contribution is -0.137. The molecule has 10 heteroatoms. The number of benzene rings is 1. The van der Waals surface area contributed by atoms with Crippen molar-refractivity contribution in [1.29, 1.82) is 0 Å². The van der Waals surface area contributed by atoms with Gasteiger partial charge in [-0.2, -0.15) is 13.2 Å². The molecule has 1 saturated heterocycles. The number of alkyl halides is 3. The predicted octanol–water partition coefficient (Wildman–Crippen LogP) is 2.52. The minimum absolute atomic E-state index is 0. The summed E-state index contributed by atoms with van der Waals surface area (Å²) in [4.78, 5) is 14.3. The lowest BCUT2D eigenvalue weighted by Crippen LogP contribution is -2.34. The third kappa shape index (κ3) is 3.99. The van der Waals surface area contributed by atoms with Crippen LogP contribution in [0.15, 0.2) is 30.5 Å². The smallest absolute Gasteiger partial charge is 0.334 e. The molecular formula is C16H19ClF3N5O. The van der Waals surface area contributed by atoms with Gasteiger partial charge in [0.25, 0.3) is 5.91 Å². The Kier molecular flexibility index (Phi) is 5.92. The van der Waals surface area contributed by atoms with E-state index in [9.17, 15) is 18.0 Å². The van der Waals surface area contributed by atoms with E-state index < -0.39 is 11.7 Å². The highest BCUT2D eigenvalue weighted by Gasteiger charge is 2.33. The molecule has 0 radical (unpaired) electrons. The fourth-order valence-electron chi connectivity index (χ4n) is 3.06. The molecule has 1 aliphatic rings. The first kappa shape index (κ1) is 20.2. The molecule has 142 valence electrons. The van der Waals surface area contributed by atoms with E-state index in [-0.39, 0.29) is 41.7 Å². The highest BCUT2D eigenvalue weighted by atomic mass is 35.5. The molecule has 6 nitrogen and oxygen atoms in total. The molecule has 0 saturated carbocycles. The number of hydrogen-bond donors (Lipinski definition) is 1. The number of carbonyl (C=O) groups excluding carboxylic acids is 1. The molecule has 0 spiro atoms. The van der Waals surface area contributed by atoms with Gasteiger partial charge in [-0.3, -0.25) is 4.79 Å². The van der Waals surface area contributed by atoms with Crippen LogP contribution in [-0.2, 0) is 6.18 Å². The Hall–Kier alpha value is -2.13. The van der Waals surface area contributed by atoms with Crippen molar-refractivity contribution in [3.8, 4) is 5.69 Å². The number of nitrogens with two attached hydrogens (primary N) is 1. The van der Waals surface area contributed by atoms with E-state index in [1.54, 1.807) is 4.90 Å². The van der Waals surface area contributed by atoms with Crippen molar-refractivity contribution < 1.29 is 18.0 Å². The van der Waals surface area contributed by atoms with Gasteiger partial charge in [0.15, 0.2) is 5.69 Å². The summed E-state index contributed by atoms with van der Waals surface area (Å²) in [5.41, 5.74) is 5.17. The standard InChI is InChI=1S/C16H18F3N5O.ClH/c1-10-5-11(7-20)8-23(10)15(25)14-9-24(22-21-14)13-4-2-3-12(6-13)16(17,18)19;/h2-4,6,9-11H,5,7-8,20H2,1H3;1H. The minimum Gasteiger partial charge on any atom is -0.334 e. The van der Waals surface area contributed by atoms with E-state index in [2.05, 4.69) is 10.3 Å².